The Hall–Kier alpha value is -1.22. The highest BCUT2D eigenvalue weighted by Crippen LogP contribution is 2.24. The molecule has 0 saturated heterocycles. The van der Waals surface area contributed by atoms with Gasteiger partial charge in [-0.25, -0.2) is 0 Å². The zero-order valence-electron chi connectivity index (χ0n) is 9.20. The second kappa shape index (κ2) is 6.10. The topological polar surface area (TPSA) is 24.4 Å². The van der Waals surface area contributed by atoms with Crippen molar-refractivity contribution < 1.29 is 0 Å². The maximum absolute atomic E-state index is 6.03. The number of nitrogens with zero attached hydrogens (tertiary/aromatic N) is 1. The Kier molecular flexibility index (Phi) is 4.48. The van der Waals surface area contributed by atoms with Crippen LogP contribution >= 0.6 is 34.8 Å². The Bertz CT molecular complexity index is 565. The first-order valence-electron chi connectivity index (χ1n) is 5.15. The molecule has 0 heterocycles. The first-order valence-corrected chi connectivity index (χ1v) is 6.29. The van der Waals surface area contributed by atoms with E-state index in [1.165, 1.54) is 0 Å². The van der Waals surface area contributed by atoms with Crippen LogP contribution in [0.25, 0.3) is 0 Å². The van der Waals surface area contributed by atoms with E-state index in [0.29, 0.717) is 15.1 Å². The lowest BCUT2D eigenvalue weighted by molar-refractivity contribution is 1.35. The molecule has 0 unspecified atom stereocenters. The van der Waals surface area contributed by atoms with Crippen LogP contribution in [0.4, 0.5) is 5.69 Å². The molecule has 0 saturated carbocycles. The number of hydrogen-bond acceptors (Lipinski definition) is 2. The van der Waals surface area contributed by atoms with Gasteiger partial charge in [-0.3, -0.25) is 5.43 Å². The summed E-state index contributed by atoms with van der Waals surface area (Å²) in [5.74, 6) is 0. The third-order valence-corrected chi connectivity index (χ3v) is 3.31. The van der Waals surface area contributed by atoms with Gasteiger partial charge in [0, 0.05) is 10.6 Å². The van der Waals surface area contributed by atoms with E-state index >= 15 is 0 Å². The highest BCUT2D eigenvalue weighted by atomic mass is 35.5. The lowest BCUT2D eigenvalue weighted by Gasteiger charge is -2.01. The SMILES string of the molecule is Clc1ccc(N/N=C/c2cccc(Cl)c2Cl)cc1. The molecule has 0 amide bonds. The number of hydrazone groups is 1. The highest BCUT2D eigenvalue weighted by molar-refractivity contribution is 6.43. The second-order valence-electron chi connectivity index (χ2n) is 3.52. The highest BCUT2D eigenvalue weighted by Gasteiger charge is 2.00. The summed E-state index contributed by atoms with van der Waals surface area (Å²) >= 11 is 17.7. The molecule has 2 nitrogen and oxygen atoms in total. The fourth-order valence-electron chi connectivity index (χ4n) is 1.32. The molecule has 0 radical (unpaired) electrons. The summed E-state index contributed by atoms with van der Waals surface area (Å²) in [5.41, 5.74) is 4.47. The van der Waals surface area contributed by atoms with Crippen LogP contribution in [0.1, 0.15) is 5.56 Å². The fraction of sp³-hybridized carbons (Fsp3) is 0. The van der Waals surface area contributed by atoms with Gasteiger partial charge in [-0.15, -0.1) is 0 Å². The first kappa shape index (κ1) is 13.2. The molecule has 1 N–H and O–H groups in total. The molecule has 0 aliphatic heterocycles. The summed E-state index contributed by atoms with van der Waals surface area (Å²) in [6.45, 7) is 0. The van der Waals surface area contributed by atoms with Crippen molar-refractivity contribution in [2.75, 3.05) is 5.43 Å². The van der Waals surface area contributed by atoms with Crippen LogP contribution in [-0.4, -0.2) is 6.21 Å². The van der Waals surface area contributed by atoms with Crippen LogP contribution in [0, 0.1) is 0 Å². The van der Waals surface area contributed by atoms with Crippen molar-refractivity contribution in [2.24, 2.45) is 5.10 Å². The van der Waals surface area contributed by atoms with E-state index in [-0.39, 0.29) is 0 Å². The lowest BCUT2D eigenvalue weighted by Crippen LogP contribution is -1.91. The zero-order valence-corrected chi connectivity index (χ0v) is 11.5. The number of rotatable bonds is 3. The maximum atomic E-state index is 6.03. The number of anilines is 1. The zero-order chi connectivity index (χ0) is 13.0. The van der Waals surface area contributed by atoms with Crippen LogP contribution in [0.3, 0.4) is 0 Å². The molecule has 18 heavy (non-hydrogen) atoms. The average Bonchev–Trinajstić information content (AvgIpc) is 2.37. The Morgan fingerprint density at radius 3 is 2.39 bits per heavy atom. The molecular formula is C13H9Cl3N2. The molecule has 0 bridgehead atoms. The van der Waals surface area contributed by atoms with E-state index in [9.17, 15) is 0 Å². The van der Waals surface area contributed by atoms with Gasteiger partial charge in [0.1, 0.15) is 0 Å². The number of nitrogens with one attached hydrogen (secondary N) is 1. The van der Waals surface area contributed by atoms with Gasteiger partial charge < -0.3 is 0 Å². The molecule has 2 aromatic rings. The Morgan fingerprint density at radius 1 is 0.944 bits per heavy atom. The van der Waals surface area contributed by atoms with E-state index in [4.69, 9.17) is 34.8 Å². The molecule has 0 aliphatic rings. The molecular weight excluding hydrogens is 291 g/mol. The van der Waals surface area contributed by atoms with E-state index in [0.717, 1.165) is 11.3 Å². The third-order valence-electron chi connectivity index (χ3n) is 2.22. The summed E-state index contributed by atoms with van der Waals surface area (Å²) in [6, 6.07) is 12.6. The minimum absolute atomic E-state index is 0.487. The normalized spacial score (nSPS) is 10.8. The van der Waals surface area contributed by atoms with Gasteiger partial charge in [0.2, 0.25) is 0 Å². The summed E-state index contributed by atoms with van der Waals surface area (Å²) in [6.07, 6.45) is 1.61. The van der Waals surface area contributed by atoms with Gasteiger partial charge in [0.05, 0.1) is 21.9 Å². The van der Waals surface area contributed by atoms with E-state index in [1.807, 2.05) is 24.3 Å². The van der Waals surface area contributed by atoms with Gasteiger partial charge in [-0.2, -0.15) is 5.10 Å². The smallest absolute Gasteiger partial charge is 0.0680 e. The first-order chi connectivity index (χ1) is 8.66. The molecule has 0 fully saturated rings. The molecule has 2 rings (SSSR count). The van der Waals surface area contributed by atoms with Crippen LogP contribution < -0.4 is 5.43 Å². The minimum atomic E-state index is 0.487. The average molecular weight is 300 g/mol. The van der Waals surface area contributed by atoms with Crippen LogP contribution in [0.5, 0.6) is 0 Å². The van der Waals surface area contributed by atoms with Gasteiger partial charge in [-0.05, 0) is 30.3 Å². The largest absolute Gasteiger partial charge is 0.279 e. The standard InChI is InChI=1S/C13H9Cl3N2/c14-10-4-6-11(7-5-10)18-17-8-9-2-1-3-12(15)13(9)16/h1-8,18H/b17-8+. The molecule has 0 aromatic heterocycles. The molecule has 0 atom stereocenters. The summed E-state index contributed by atoms with van der Waals surface area (Å²) in [4.78, 5) is 0. The molecule has 2 aromatic carbocycles. The minimum Gasteiger partial charge on any atom is -0.279 e. The number of benzene rings is 2. The van der Waals surface area contributed by atoms with Crippen molar-refractivity contribution in [1.29, 1.82) is 0 Å². The molecule has 92 valence electrons. The van der Waals surface area contributed by atoms with Crippen molar-refractivity contribution in [3.63, 3.8) is 0 Å². The van der Waals surface area contributed by atoms with E-state index in [2.05, 4.69) is 10.5 Å². The van der Waals surface area contributed by atoms with Gasteiger partial charge >= 0.3 is 0 Å². The maximum Gasteiger partial charge on any atom is 0.0680 e. The van der Waals surface area contributed by atoms with Gasteiger partial charge in [0.25, 0.3) is 0 Å². The van der Waals surface area contributed by atoms with Crippen LogP contribution in [0.2, 0.25) is 15.1 Å². The molecule has 5 heteroatoms. The summed E-state index contributed by atoms with van der Waals surface area (Å²) in [5, 5.41) is 5.76. The summed E-state index contributed by atoms with van der Waals surface area (Å²) < 4.78 is 0. The second-order valence-corrected chi connectivity index (χ2v) is 4.74. The number of hydrogen-bond donors (Lipinski definition) is 1. The molecule has 0 aliphatic carbocycles. The van der Waals surface area contributed by atoms with Gasteiger partial charge in [0.15, 0.2) is 0 Å². The van der Waals surface area contributed by atoms with Crippen molar-refractivity contribution in [1.82, 2.24) is 0 Å². The van der Waals surface area contributed by atoms with E-state index < -0.39 is 0 Å². The predicted molar refractivity (Wildman–Crippen MR) is 79.1 cm³/mol. The lowest BCUT2D eigenvalue weighted by atomic mass is 10.2. The molecule has 0 spiro atoms. The fourth-order valence-corrected chi connectivity index (χ4v) is 1.80. The Balaban J connectivity index is 2.07. The predicted octanol–water partition coefficient (Wildman–Crippen LogP) is 5.09. The van der Waals surface area contributed by atoms with Crippen molar-refractivity contribution in [2.45, 2.75) is 0 Å². The monoisotopic (exact) mass is 298 g/mol. The van der Waals surface area contributed by atoms with Crippen LogP contribution in [0.15, 0.2) is 47.6 Å². The Morgan fingerprint density at radius 2 is 1.67 bits per heavy atom. The quantitative estimate of drug-likeness (QED) is 0.619. The number of halogens is 3. The van der Waals surface area contributed by atoms with Crippen molar-refractivity contribution >= 4 is 46.7 Å². The van der Waals surface area contributed by atoms with Crippen molar-refractivity contribution in [3.8, 4) is 0 Å². The van der Waals surface area contributed by atoms with Crippen LogP contribution in [-0.2, 0) is 0 Å². The van der Waals surface area contributed by atoms with Gasteiger partial charge in [-0.1, -0.05) is 46.9 Å². The summed E-state index contributed by atoms with van der Waals surface area (Å²) in [7, 11) is 0. The van der Waals surface area contributed by atoms with Crippen molar-refractivity contribution in [3.05, 3.63) is 63.1 Å². The third kappa shape index (κ3) is 3.39. The van der Waals surface area contributed by atoms with E-state index in [1.54, 1.807) is 24.4 Å². The Labute approximate surface area is 120 Å².